The molecule has 5 heteroatoms. The monoisotopic (exact) mass is 236 g/mol. The smallest absolute Gasteiger partial charge is 0.156 e. The minimum atomic E-state index is -0.00104. The third-order valence-electron chi connectivity index (χ3n) is 2.35. The summed E-state index contributed by atoms with van der Waals surface area (Å²) in [5, 5.41) is 14.0. The van der Waals surface area contributed by atoms with Gasteiger partial charge in [0.2, 0.25) is 0 Å². The van der Waals surface area contributed by atoms with Gasteiger partial charge in [-0.25, -0.2) is 4.68 Å². The molecule has 0 aliphatic rings. The fourth-order valence-corrected chi connectivity index (χ4v) is 2.26. The van der Waals surface area contributed by atoms with E-state index in [1.807, 2.05) is 4.68 Å². The number of aryl methyl sites for hydroxylation is 2. The van der Waals surface area contributed by atoms with Gasteiger partial charge in [-0.2, -0.15) is 0 Å². The highest BCUT2D eigenvalue weighted by molar-refractivity contribution is 7.09. The molecule has 0 atom stereocenters. The quantitative estimate of drug-likeness (QED) is 0.821. The first-order valence-electron chi connectivity index (χ1n) is 5.36. The topological polar surface area (TPSA) is 43.6 Å². The van der Waals surface area contributed by atoms with Crippen LogP contribution in [0.1, 0.15) is 31.5 Å². The lowest BCUT2D eigenvalue weighted by Crippen LogP contribution is -2.20. The zero-order chi connectivity index (χ0) is 11.6. The number of hydrogen-bond donors (Lipinski definition) is 0. The molecule has 2 heterocycles. The van der Waals surface area contributed by atoms with Gasteiger partial charge in [0.25, 0.3) is 0 Å². The van der Waals surface area contributed by atoms with Crippen LogP contribution in [0.15, 0.2) is 17.5 Å². The van der Waals surface area contributed by atoms with Crippen LogP contribution < -0.4 is 0 Å². The lowest BCUT2D eigenvalue weighted by atomic mass is 9.96. The van der Waals surface area contributed by atoms with E-state index in [4.69, 9.17) is 0 Å². The summed E-state index contributed by atoms with van der Waals surface area (Å²) in [7, 11) is 0. The Labute approximate surface area is 99.3 Å². The van der Waals surface area contributed by atoms with Crippen molar-refractivity contribution in [2.45, 2.75) is 39.2 Å². The Bertz CT molecular complexity index is 439. The van der Waals surface area contributed by atoms with Gasteiger partial charge in [0.05, 0.1) is 0 Å². The SMILES string of the molecule is CC(C)(C)c1nnnn1CCc1cccs1. The number of rotatable bonds is 3. The van der Waals surface area contributed by atoms with E-state index in [-0.39, 0.29) is 5.41 Å². The van der Waals surface area contributed by atoms with Crippen molar-refractivity contribution in [1.82, 2.24) is 20.2 Å². The Morgan fingerprint density at radius 1 is 1.38 bits per heavy atom. The summed E-state index contributed by atoms with van der Waals surface area (Å²) in [6, 6.07) is 4.22. The highest BCUT2D eigenvalue weighted by Crippen LogP contribution is 2.19. The second kappa shape index (κ2) is 4.33. The molecule has 0 saturated carbocycles. The molecule has 0 fully saturated rings. The number of tetrazole rings is 1. The molecule has 2 aromatic heterocycles. The van der Waals surface area contributed by atoms with Crippen molar-refractivity contribution >= 4 is 11.3 Å². The Balaban J connectivity index is 2.08. The summed E-state index contributed by atoms with van der Waals surface area (Å²) >= 11 is 1.78. The minimum absolute atomic E-state index is 0.00104. The van der Waals surface area contributed by atoms with Crippen LogP contribution in [0.5, 0.6) is 0 Å². The summed E-state index contributed by atoms with van der Waals surface area (Å²) in [5.41, 5.74) is -0.00104. The fraction of sp³-hybridized carbons (Fsp3) is 0.545. The summed E-state index contributed by atoms with van der Waals surface area (Å²) in [5.74, 6) is 0.948. The van der Waals surface area contributed by atoms with E-state index in [1.165, 1.54) is 4.88 Å². The number of thiophene rings is 1. The van der Waals surface area contributed by atoms with Gasteiger partial charge < -0.3 is 0 Å². The average Bonchev–Trinajstić information content (AvgIpc) is 2.85. The van der Waals surface area contributed by atoms with Crippen molar-refractivity contribution in [2.24, 2.45) is 0 Å². The maximum absolute atomic E-state index is 4.09. The average molecular weight is 236 g/mol. The summed E-state index contributed by atoms with van der Waals surface area (Å²) in [6.45, 7) is 7.22. The lowest BCUT2D eigenvalue weighted by Gasteiger charge is -2.16. The van der Waals surface area contributed by atoms with E-state index in [9.17, 15) is 0 Å². The van der Waals surface area contributed by atoms with Crippen LogP contribution in [-0.2, 0) is 18.4 Å². The predicted octanol–water partition coefficient (Wildman–Crippen LogP) is 2.27. The van der Waals surface area contributed by atoms with Crippen molar-refractivity contribution in [3.05, 3.63) is 28.2 Å². The van der Waals surface area contributed by atoms with E-state index in [0.29, 0.717) is 0 Å². The molecule has 0 bridgehead atoms. The normalized spacial score (nSPS) is 11.9. The van der Waals surface area contributed by atoms with E-state index in [2.05, 4.69) is 53.8 Å². The van der Waals surface area contributed by atoms with E-state index >= 15 is 0 Å². The van der Waals surface area contributed by atoms with E-state index in [1.54, 1.807) is 11.3 Å². The Hall–Kier alpha value is -1.23. The molecule has 2 aromatic rings. The number of aromatic nitrogens is 4. The van der Waals surface area contributed by atoms with Crippen molar-refractivity contribution in [3.8, 4) is 0 Å². The van der Waals surface area contributed by atoms with Gasteiger partial charge in [0.1, 0.15) is 0 Å². The number of hydrogen-bond acceptors (Lipinski definition) is 4. The molecule has 86 valence electrons. The summed E-state index contributed by atoms with van der Waals surface area (Å²) in [4.78, 5) is 1.37. The Morgan fingerprint density at radius 2 is 2.19 bits per heavy atom. The molecule has 0 aliphatic carbocycles. The van der Waals surface area contributed by atoms with Crippen LogP contribution >= 0.6 is 11.3 Å². The molecular formula is C11H16N4S. The van der Waals surface area contributed by atoms with Crippen LogP contribution in [0.4, 0.5) is 0 Å². The van der Waals surface area contributed by atoms with Crippen LogP contribution in [-0.4, -0.2) is 20.2 Å². The molecule has 16 heavy (non-hydrogen) atoms. The molecule has 0 unspecified atom stereocenters. The summed E-state index contributed by atoms with van der Waals surface area (Å²) < 4.78 is 1.90. The largest absolute Gasteiger partial charge is 0.229 e. The molecular weight excluding hydrogens is 220 g/mol. The molecule has 0 N–H and O–H groups in total. The van der Waals surface area contributed by atoms with Crippen molar-refractivity contribution in [1.29, 1.82) is 0 Å². The van der Waals surface area contributed by atoms with Gasteiger partial charge in [0, 0.05) is 23.3 Å². The first-order chi connectivity index (χ1) is 7.57. The Kier molecular flexibility index (Phi) is 3.05. The zero-order valence-corrected chi connectivity index (χ0v) is 10.7. The molecule has 0 spiro atoms. The van der Waals surface area contributed by atoms with Crippen molar-refractivity contribution in [2.75, 3.05) is 0 Å². The van der Waals surface area contributed by atoms with Gasteiger partial charge >= 0.3 is 0 Å². The third-order valence-corrected chi connectivity index (χ3v) is 3.29. The molecule has 0 aromatic carbocycles. The van der Waals surface area contributed by atoms with E-state index < -0.39 is 0 Å². The fourth-order valence-electron chi connectivity index (χ4n) is 1.56. The first kappa shape index (κ1) is 11.3. The van der Waals surface area contributed by atoms with Crippen molar-refractivity contribution < 1.29 is 0 Å². The van der Waals surface area contributed by atoms with Crippen LogP contribution in [0, 0.1) is 0 Å². The first-order valence-corrected chi connectivity index (χ1v) is 6.24. The standard InChI is InChI=1S/C11H16N4S/c1-11(2,3)10-12-13-14-15(10)7-6-9-5-4-8-16-9/h4-5,8H,6-7H2,1-3H3. The summed E-state index contributed by atoms with van der Waals surface area (Å²) in [6.07, 6.45) is 0.992. The third kappa shape index (κ3) is 2.47. The van der Waals surface area contributed by atoms with Crippen LogP contribution in [0.25, 0.3) is 0 Å². The van der Waals surface area contributed by atoms with Crippen LogP contribution in [0.3, 0.4) is 0 Å². The zero-order valence-electron chi connectivity index (χ0n) is 9.84. The highest BCUT2D eigenvalue weighted by atomic mass is 32.1. The Morgan fingerprint density at radius 3 is 2.81 bits per heavy atom. The van der Waals surface area contributed by atoms with Gasteiger partial charge in [-0.15, -0.1) is 16.4 Å². The molecule has 2 rings (SSSR count). The molecule has 0 radical (unpaired) electrons. The molecule has 0 saturated heterocycles. The molecule has 4 nitrogen and oxygen atoms in total. The van der Waals surface area contributed by atoms with Crippen molar-refractivity contribution in [3.63, 3.8) is 0 Å². The van der Waals surface area contributed by atoms with Gasteiger partial charge in [-0.05, 0) is 21.9 Å². The molecule has 0 amide bonds. The highest BCUT2D eigenvalue weighted by Gasteiger charge is 2.21. The molecule has 0 aliphatic heterocycles. The predicted molar refractivity (Wildman–Crippen MR) is 64.5 cm³/mol. The van der Waals surface area contributed by atoms with Gasteiger partial charge in [-0.1, -0.05) is 26.8 Å². The maximum Gasteiger partial charge on any atom is 0.156 e. The second-order valence-electron chi connectivity index (χ2n) is 4.80. The van der Waals surface area contributed by atoms with Gasteiger partial charge in [-0.3, -0.25) is 0 Å². The number of nitrogens with zero attached hydrogens (tertiary/aromatic N) is 4. The van der Waals surface area contributed by atoms with E-state index in [0.717, 1.165) is 18.8 Å². The minimum Gasteiger partial charge on any atom is -0.229 e. The van der Waals surface area contributed by atoms with Crippen LogP contribution in [0.2, 0.25) is 0 Å². The van der Waals surface area contributed by atoms with Gasteiger partial charge in [0.15, 0.2) is 5.82 Å². The maximum atomic E-state index is 4.09. The second-order valence-corrected chi connectivity index (χ2v) is 5.84. The lowest BCUT2D eigenvalue weighted by molar-refractivity contribution is 0.472.